The maximum Gasteiger partial charge on any atom is 0.306 e. The first-order chi connectivity index (χ1) is 7.77. The molecule has 16 heavy (non-hydrogen) atoms. The highest BCUT2D eigenvalue weighted by atomic mass is 16.5. The highest BCUT2D eigenvalue weighted by Gasteiger charge is 2.16. The Bertz CT molecular complexity index is 313. The van der Waals surface area contributed by atoms with Gasteiger partial charge in [0.25, 0.3) is 0 Å². The van der Waals surface area contributed by atoms with E-state index in [0.717, 1.165) is 5.57 Å². The molecule has 88 valence electrons. The Morgan fingerprint density at radius 2 is 2.19 bits per heavy atom. The minimum atomic E-state index is -0.171. The van der Waals surface area contributed by atoms with Gasteiger partial charge >= 0.3 is 5.97 Å². The number of esters is 1. The summed E-state index contributed by atoms with van der Waals surface area (Å²) in [5.41, 5.74) is 1.01. The summed E-state index contributed by atoms with van der Waals surface area (Å²) >= 11 is 0. The summed E-state index contributed by atoms with van der Waals surface area (Å²) in [4.78, 5) is 11.4. The van der Waals surface area contributed by atoms with Crippen molar-refractivity contribution in [3.63, 3.8) is 0 Å². The van der Waals surface area contributed by atoms with Crippen LogP contribution < -0.4 is 0 Å². The minimum Gasteiger partial charge on any atom is -0.501 e. The van der Waals surface area contributed by atoms with Gasteiger partial charge in [-0.2, -0.15) is 0 Å². The largest absolute Gasteiger partial charge is 0.501 e. The molecule has 1 rings (SSSR count). The molecule has 0 aromatic rings. The molecule has 0 amide bonds. The molecule has 1 aliphatic carbocycles. The predicted octanol–water partition coefficient (Wildman–Crippen LogP) is 2.60. The summed E-state index contributed by atoms with van der Waals surface area (Å²) in [7, 11) is 0. The normalized spacial score (nSPS) is 21.1. The zero-order valence-electron chi connectivity index (χ0n) is 9.81. The van der Waals surface area contributed by atoms with E-state index in [1.807, 2.05) is 38.2 Å². The molecule has 0 radical (unpaired) electrons. The summed E-state index contributed by atoms with van der Waals surface area (Å²) < 4.78 is 10.2. The fourth-order valence-corrected chi connectivity index (χ4v) is 1.49. The summed E-state index contributed by atoms with van der Waals surface area (Å²) in [6.07, 6.45) is 9.90. The van der Waals surface area contributed by atoms with E-state index in [4.69, 9.17) is 9.47 Å². The third-order valence-corrected chi connectivity index (χ3v) is 2.25. The summed E-state index contributed by atoms with van der Waals surface area (Å²) in [5.74, 6) is -0.106. The second-order valence-corrected chi connectivity index (χ2v) is 3.43. The van der Waals surface area contributed by atoms with Gasteiger partial charge in [0.15, 0.2) is 0 Å². The molecule has 0 saturated heterocycles. The van der Waals surface area contributed by atoms with Crippen molar-refractivity contribution in [1.82, 2.24) is 0 Å². The van der Waals surface area contributed by atoms with Crippen molar-refractivity contribution in [2.45, 2.75) is 20.3 Å². The van der Waals surface area contributed by atoms with Gasteiger partial charge in [-0.3, -0.25) is 4.79 Å². The van der Waals surface area contributed by atoms with Crippen LogP contribution in [0.15, 0.2) is 36.1 Å². The molecule has 1 atom stereocenters. The number of carbonyl (C=O) groups excluding carboxylic acids is 1. The molecule has 0 aliphatic heterocycles. The van der Waals surface area contributed by atoms with Crippen LogP contribution in [0.4, 0.5) is 0 Å². The zero-order valence-corrected chi connectivity index (χ0v) is 9.81. The van der Waals surface area contributed by atoms with Crippen molar-refractivity contribution in [1.29, 1.82) is 0 Å². The molecule has 0 bridgehead atoms. The Labute approximate surface area is 96.4 Å². The average molecular weight is 222 g/mol. The number of hydrogen-bond donors (Lipinski definition) is 0. The van der Waals surface area contributed by atoms with E-state index in [1.165, 1.54) is 0 Å². The smallest absolute Gasteiger partial charge is 0.306 e. The molecule has 3 heteroatoms. The minimum absolute atomic E-state index is 0.0654. The van der Waals surface area contributed by atoms with E-state index in [-0.39, 0.29) is 11.9 Å². The second-order valence-electron chi connectivity index (χ2n) is 3.43. The van der Waals surface area contributed by atoms with Gasteiger partial charge in [0.2, 0.25) is 0 Å². The number of ether oxygens (including phenoxy) is 2. The highest BCUT2D eigenvalue weighted by molar-refractivity contribution is 5.70. The molecule has 1 aliphatic rings. The molecule has 0 saturated carbocycles. The number of hydrogen-bond acceptors (Lipinski definition) is 3. The standard InChI is InChI=1S/C13H18O3/c1-3-15-10-12-8-6-5-7-11(12)9-13(14)16-4-2/h5-8,10-11H,3-4,9H2,1-2H3. The average Bonchev–Trinajstić information content (AvgIpc) is 2.28. The topological polar surface area (TPSA) is 35.5 Å². The number of allylic oxidation sites excluding steroid dienone is 5. The molecular formula is C13H18O3. The lowest BCUT2D eigenvalue weighted by molar-refractivity contribution is -0.143. The maximum atomic E-state index is 11.4. The van der Waals surface area contributed by atoms with E-state index in [2.05, 4.69) is 0 Å². The molecule has 0 N–H and O–H groups in total. The monoisotopic (exact) mass is 222 g/mol. The van der Waals surface area contributed by atoms with Crippen molar-refractivity contribution in [2.24, 2.45) is 5.92 Å². The summed E-state index contributed by atoms with van der Waals surface area (Å²) in [5, 5.41) is 0. The Morgan fingerprint density at radius 1 is 1.38 bits per heavy atom. The van der Waals surface area contributed by atoms with Gasteiger partial charge in [0.1, 0.15) is 0 Å². The fraction of sp³-hybridized carbons (Fsp3) is 0.462. The lowest BCUT2D eigenvalue weighted by atomic mass is 9.92. The van der Waals surface area contributed by atoms with Gasteiger partial charge < -0.3 is 9.47 Å². The first kappa shape index (κ1) is 12.6. The predicted molar refractivity (Wildman–Crippen MR) is 62.7 cm³/mol. The van der Waals surface area contributed by atoms with Gasteiger partial charge in [-0.15, -0.1) is 0 Å². The summed E-state index contributed by atoms with van der Waals surface area (Å²) in [6, 6.07) is 0. The number of rotatable bonds is 5. The van der Waals surface area contributed by atoms with Crippen LogP contribution in [0.5, 0.6) is 0 Å². The third kappa shape index (κ3) is 3.93. The Hall–Kier alpha value is -1.51. The molecule has 3 nitrogen and oxygen atoms in total. The van der Waals surface area contributed by atoms with Gasteiger partial charge in [-0.25, -0.2) is 0 Å². The van der Waals surface area contributed by atoms with Gasteiger partial charge in [-0.05, 0) is 19.4 Å². The second kappa shape index (κ2) is 6.88. The van der Waals surface area contributed by atoms with Crippen LogP contribution in [-0.4, -0.2) is 19.2 Å². The van der Waals surface area contributed by atoms with Gasteiger partial charge in [0, 0.05) is 5.92 Å². The lowest BCUT2D eigenvalue weighted by Crippen LogP contribution is -2.12. The Balaban J connectivity index is 2.58. The lowest BCUT2D eigenvalue weighted by Gasteiger charge is -2.15. The molecule has 1 unspecified atom stereocenters. The van der Waals surface area contributed by atoms with Crippen LogP contribution in [0.1, 0.15) is 20.3 Å². The highest BCUT2D eigenvalue weighted by Crippen LogP contribution is 2.22. The van der Waals surface area contributed by atoms with Gasteiger partial charge in [0.05, 0.1) is 25.9 Å². The van der Waals surface area contributed by atoms with E-state index < -0.39 is 0 Å². The Kier molecular flexibility index (Phi) is 5.40. The summed E-state index contributed by atoms with van der Waals surface area (Å²) in [6.45, 7) is 4.80. The first-order valence-corrected chi connectivity index (χ1v) is 5.60. The van der Waals surface area contributed by atoms with Crippen molar-refractivity contribution < 1.29 is 14.3 Å². The van der Waals surface area contributed by atoms with Crippen molar-refractivity contribution in [3.8, 4) is 0 Å². The molecule has 0 spiro atoms. The van der Waals surface area contributed by atoms with Crippen molar-refractivity contribution >= 4 is 5.97 Å². The SMILES string of the molecule is CCOC=C1C=CC=CC1CC(=O)OCC. The van der Waals surface area contributed by atoms with E-state index in [0.29, 0.717) is 19.6 Å². The van der Waals surface area contributed by atoms with Crippen LogP contribution >= 0.6 is 0 Å². The van der Waals surface area contributed by atoms with E-state index in [1.54, 1.807) is 6.26 Å². The molecule has 0 aromatic heterocycles. The third-order valence-electron chi connectivity index (χ3n) is 2.25. The van der Waals surface area contributed by atoms with E-state index >= 15 is 0 Å². The molecule has 0 aromatic carbocycles. The van der Waals surface area contributed by atoms with E-state index in [9.17, 15) is 4.79 Å². The van der Waals surface area contributed by atoms with Crippen molar-refractivity contribution in [2.75, 3.05) is 13.2 Å². The van der Waals surface area contributed by atoms with Crippen molar-refractivity contribution in [3.05, 3.63) is 36.1 Å². The zero-order chi connectivity index (χ0) is 11.8. The molecule has 0 fully saturated rings. The maximum absolute atomic E-state index is 11.4. The Morgan fingerprint density at radius 3 is 2.88 bits per heavy atom. The van der Waals surface area contributed by atoms with Crippen LogP contribution in [-0.2, 0) is 14.3 Å². The first-order valence-electron chi connectivity index (χ1n) is 5.60. The van der Waals surface area contributed by atoms with Crippen LogP contribution in [0.2, 0.25) is 0 Å². The molecule has 0 heterocycles. The quantitative estimate of drug-likeness (QED) is 0.530. The van der Waals surface area contributed by atoms with Crippen LogP contribution in [0, 0.1) is 5.92 Å². The van der Waals surface area contributed by atoms with Crippen LogP contribution in [0.3, 0.4) is 0 Å². The number of carbonyl (C=O) groups is 1. The fourth-order valence-electron chi connectivity index (χ4n) is 1.49. The van der Waals surface area contributed by atoms with Crippen LogP contribution in [0.25, 0.3) is 0 Å². The molecular weight excluding hydrogens is 204 g/mol. The van der Waals surface area contributed by atoms with Gasteiger partial charge in [-0.1, -0.05) is 24.3 Å².